The van der Waals surface area contributed by atoms with E-state index in [-0.39, 0.29) is 12.0 Å². The molecule has 0 aliphatic carbocycles. The van der Waals surface area contributed by atoms with Crippen LogP contribution >= 0.6 is 0 Å². The van der Waals surface area contributed by atoms with Gasteiger partial charge in [-0.15, -0.1) is 0 Å². The summed E-state index contributed by atoms with van der Waals surface area (Å²) in [4.78, 5) is 25.8. The maximum atomic E-state index is 12.5. The number of amides is 1. The van der Waals surface area contributed by atoms with Crippen molar-refractivity contribution in [2.75, 3.05) is 20.2 Å². The minimum Gasteiger partial charge on any atom is -0.497 e. The summed E-state index contributed by atoms with van der Waals surface area (Å²) in [7, 11) is 1.64. The molecule has 6 heteroatoms. The van der Waals surface area contributed by atoms with Gasteiger partial charge in [-0.1, -0.05) is 12.1 Å². The number of nitrogens with zero attached hydrogens (tertiary/aromatic N) is 1. The van der Waals surface area contributed by atoms with Crippen LogP contribution in [-0.4, -0.2) is 37.1 Å². The maximum absolute atomic E-state index is 12.5. The Morgan fingerprint density at radius 2 is 1.85 bits per heavy atom. The number of hydrogen-bond donors (Lipinski definition) is 0. The Balaban J connectivity index is 1.45. The van der Waals surface area contributed by atoms with E-state index < -0.39 is 5.63 Å². The standard InChI is InChI=1S/C21H25NO5/c1-15-13-19(14-21(24)26-15)27-18-9-11-22(12-10-18)20(23)8-5-16-3-6-17(25-2)7-4-16/h3-4,6-7,13-14,18H,5,8-12H2,1-2H3. The molecule has 2 aromatic rings. The predicted molar refractivity (Wildman–Crippen MR) is 101 cm³/mol. The molecule has 0 spiro atoms. The van der Waals surface area contributed by atoms with E-state index in [9.17, 15) is 9.59 Å². The zero-order chi connectivity index (χ0) is 19.2. The molecule has 1 amide bonds. The number of benzene rings is 1. The SMILES string of the molecule is COc1ccc(CCC(=O)N2CCC(Oc3cc(C)oc(=O)c3)CC2)cc1. The van der Waals surface area contributed by atoms with Crippen LogP contribution in [-0.2, 0) is 11.2 Å². The lowest BCUT2D eigenvalue weighted by atomic mass is 10.1. The van der Waals surface area contributed by atoms with Gasteiger partial charge in [-0.3, -0.25) is 4.79 Å². The Bertz CT molecular complexity index is 819. The Morgan fingerprint density at radius 1 is 1.15 bits per heavy atom. The normalized spacial score (nSPS) is 14.8. The first kappa shape index (κ1) is 19.0. The predicted octanol–water partition coefficient (Wildman–Crippen LogP) is 2.96. The van der Waals surface area contributed by atoms with Crippen LogP contribution in [0.15, 0.2) is 45.6 Å². The minimum atomic E-state index is -0.406. The van der Waals surface area contributed by atoms with Crippen LogP contribution in [0.2, 0.25) is 0 Å². The van der Waals surface area contributed by atoms with Crippen molar-refractivity contribution in [3.05, 3.63) is 58.1 Å². The molecule has 0 N–H and O–H groups in total. The number of ether oxygens (including phenoxy) is 2. The Kier molecular flexibility index (Phi) is 6.16. The highest BCUT2D eigenvalue weighted by Crippen LogP contribution is 2.20. The summed E-state index contributed by atoms with van der Waals surface area (Å²) in [6, 6.07) is 10.9. The largest absolute Gasteiger partial charge is 0.497 e. The van der Waals surface area contributed by atoms with E-state index >= 15 is 0 Å². The third-order valence-electron chi connectivity index (χ3n) is 4.75. The summed E-state index contributed by atoms with van der Waals surface area (Å²) in [6.45, 7) is 3.07. The van der Waals surface area contributed by atoms with Crippen LogP contribution in [0.4, 0.5) is 0 Å². The third kappa shape index (κ3) is 5.36. The Morgan fingerprint density at radius 3 is 2.48 bits per heavy atom. The molecule has 27 heavy (non-hydrogen) atoms. The van der Waals surface area contributed by atoms with E-state index in [1.165, 1.54) is 6.07 Å². The van der Waals surface area contributed by atoms with Crippen molar-refractivity contribution in [1.29, 1.82) is 0 Å². The molecule has 1 fully saturated rings. The molecule has 1 aromatic heterocycles. The zero-order valence-corrected chi connectivity index (χ0v) is 15.8. The summed E-state index contributed by atoms with van der Waals surface area (Å²) < 4.78 is 16.0. The summed E-state index contributed by atoms with van der Waals surface area (Å²) in [6.07, 6.45) is 2.74. The number of piperidine rings is 1. The average molecular weight is 371 g/mol. The van der Waals surface area contributed by atoms with Gasteiger partial charge in [-0.05, 0) is 31.0 Å². The summed E-state index contributed by atoms with van der Waals surface area (Å²) in [5.74, 6) is 2.05. The lowest BCUT2D eigenvalue weighted by molar-refractivity contribution is -0.132. The van der Waals surface area contributed by atoms with Crippen LogP contribution in [0, 0.1) is 6.92 Å². The maximum Gasteiger partial charge on any atom is 0.339 e. The molecule has 1 aliphatic heterocycles. The first-order valence-electron chi connectivity index (χ1n) is 9.22. The summed E-state index contributed by atoms with van der Waals surface area (Å²) >= 11 is 0. The van der Waals surface area contributed by atoms with Gasteiger partial charge in [0.15, 0.2) is 0 Å². The lowest BCUT2D eigenvalue weighted by Crippen LogP contribution is -2.41. The van der Waals surface area contributed by atoms with Crippen molar-refractivity contribution in [3.8, 4) is 11.5 Å². The van der Waals surface area contributed by atoms with E-state index in [4.69, 9.17) is 13.9 Å². The van der Waals surface area contributed by atoms with E-state index in [0.29, 0.717) is 31.0 Å². The lowest BCUT2D eigenvalue weighted by Gasteiger charge is -2.32. The first-order chi connectivity index (χ1) is 13.0. The number of rotatable bonds is 6. The second kappa shape index (κ2) is 8.75. The van der Waals surface area contributed by atoms with Gasteiger partial charge in [0.2, 0.25) is 5.91 Å². The molecule has 0 saturated carbocycles. The molecule has 1 aromatic carbocycles. The van der Waals surface area contributed by atoms with Crippen molar-refractivity contribution in [2.45, 2.75) is 38.7 Å². The van der Waals surface area contributed by atoms with Gasteiger partial charge in [-0.2, -0.15) is 0 Å². The van der Waals surface area contributed by atoms with E-state index in [2.05, 4.69) is 0 Å². The van der Waals surface area contributed by atoms with Crippen molar-refractivity contribution < 1.29 is 18.7 Å². The van der Waals surface area contributed by atoms with Gasteiger partial charge in [-0.25, -0.2) is 4.79 Å². The quantitative estimate of drug-likeness (QED) is 0.781. The number of methoxy groups -OCH3 is 1. The average Bonchev–Trinajstić information content (AvgIpc) is 2.66. The van der Waals surface area contributed by atoms with Gasteiger partial charge in [0.1, 0.15) is 23.4 Å². The topological polar surface area (TPSA) is 69.0 Å². The van der Waals surface area contributed by atoms with Gasteiger partial charge in [0.25, 0.3) is 0 Å². The van der Waals surface area contributed by atoms with Crippen molar-refractivity contribution in [2.24, 2.45) is 0 Å². The molecule has 0 radical (unpaired) electrons. The molecule has 0 unspecified atom stereocenters. The van der Waals surface area contributed by atoms with Crippen LogP contribution in [0.3, 0.4) is 0 Å². The highest BCUT2D eigenvalue weighted by atomic mass is 16.5. The molecule has 6 nitrogen and oxygen atoms in total. The smallest absolute Gasteiger partial charge is 0.339 e. The molecule has 144 valence electrons. The van der Waals surface area contributed by atoms with Gasteiger partial charge < -0.3 is 18.8 Å². The Labute approximate surface area is 158 Å². The minimum absolute atomic E-state index is 0.0110. The van der Waals surface area contributed by atoms with Gasteiger partial charge in [0.05, 0.1) is 13.2 Å². The van der Waals surface area contributed by atoms with Gasteiger partial charge in [0, 0.05) is 38.4 Å². The van der Waals surface area contributed by atoms with Crippen LogP contribution < -0.4 is 15.1 Å². The molecular weight excluding hydrogens is 346 g/mol. The second-order valence-corrected chi connectivity index (χ2v) is 6.77. The molecular formula is C21H25NO5. The highest BCUT2D eigenvalue weighted by molar-refractivity contribution is 5.76. The van der Waals surface area contributed by atoms with Crippen LogP contribution in [0.25, 0.3) is 0 Å². The molecule has 3 rings (SSSR count). The fourth-order valence-corrected chi connectivity index (χ4v) is 3.26. The zero-order valence-electron chi connectivity index (χ0n) is 15.8. The molecule has 1 aliphatic rings. The molecule has 2 heterocycles. The fourth-order valence-electron chi connectivity index (χ4n) is 3.26. The number of carbonyl (C=O) groups excluding carboxylic acids is 1. The van der Waals surface area contributed by atoms with Crippen LogP contribution in [0.5, 0.6) is 11.5 Å². The van der Waals surface area contributed by atoms with Crippen molar-refractivity contribution >= 4 is 5.91 Å². The molecule has 1 saturated heterocycles. The van der Waals surface area contributed by atoms with E-state index in [0.717, 1.165) is 30.6 Å². The van der Waals surface area contributed by atoms with E-state index in [1.807, 2.05) is 29.2 Å². The molecule has 0 bridgehead atoms. The van der Waals surface area contributed by atoms with Crippen molar-refractivity contribution in [1.82, 2.24) is 4.90 Å². The highest BCUT2D eigenvalue weighted by Gasteiger charge is 2.24. The van der Waals surface area contributed by atoms with E-state index in [1.54, 1.807) is 20.1 Å². The monoisotopic (exact) mass is 371 g/mol. The summed E-state index contributed by atoms with van der Waals surface area (Å²) in [5, 5.41) is 0. The third-order valence-corrected chi connectivity index (χ3v) is 4.75. The number of aryl methyl sites for hydroxylation is 2. The Hall–Kier alpha value is -2.76. The number of hydrogen-bond acceptors (Lipinski definition) is 5. The van der Waals surface area contributed by atoms with Crippen molar-refractivity contribution in [3.63, 3.8) is 0 Å². The number of carbonyl (C=O) groups is 1. The van der Waals surface area contributed by atoms with Gasteiger partial charge >= 0.3 is 5.63 Å². The second-order valence-electron chi connectivity index (χ2n) is 6.77. The fraction of sp³-hybridized carbons (Fsp3) is 0.429. The number of likely N-dealkylation sites (tertiary alicyclic amines) is 1. The summed E-state index contributed by atoms with van der Waals surface area (Å²) in [5.41, 5.74) is 0.719. The first-order valence-corrected chi connectivity index (χ1v) is 9.22. The molecule has 0 atom stereocenters. The van der Waals surface area contributed by atoms with Crippen LogP contribution in [0.1, 0.15) is 30.6 Å².